The van der Waals surface area contributed by atoms with Crippen LogP contribution in [0.4, 0.5) is 0 Å². The molecule has 0 aliphatic rings. The Morgan fingerprint density at radius 3 is 2.12 bits per heavy atom. The van der Waals surface area contributed by atoms with Crippen molar-refractivity contribution in [2.24, 2.45) is 0 Å². The fourth-order valence-corrected chi connectivity index (χ4v) is 2.93. The van der Waals surface area contributed by atoms with Gasteiger partial charge in [-0.05, 0) is 37.1 Å². The molecule has 2 aromatic carbocycles. The molecule has 2 N–H and O–H groups in total. The predicted octanol–water partition coefficient (Wildman–Crippen LogP) is 3.46. The van der Waals surface area contributed by atoms with Gasteiger partial charge in [-0.15, -0.1) is 0 Å². The molecule has 2 rings (SSSR count). The van der Waals surface area contributed by atoms with Gasteiger partial charge in [-0.25, -0.2) is 0 Å². The van der Waals surface area contributed by atoms with Crippen molar-refractivity contribution >= 4 is 35.0 Å². The molecule has 0 aliphatic heterocycles. The second-order valence-electron chi connectivity index (χ2n) is 5.49. The zero-order valence-electron chi connectivity index (χ0n) is 14.5. The smallest absolute Gasteiger partial charge is 0.276 e. The summed E-state index contributed by atoms with van der Waals surface area (Å²) in [4.78, 5) is 24.0. The van der Waals surface area contributed by atoms with E-state index in [2.05, 4.69) is 10.9 Å². The van der Waals surface area contributed by atoms with E-state index < -0.39 is 11.8 Å². The number of carbonyl (C=O) groups excluding carboxylic acids is 2. The molecular weight excluding hydrogens is 379 g/mol. The van der Waals surface area contributed by atoms with Crippen molar-refractivity contribution in [2.45, 2.75) is 13.8 Å². The number of ether oxygens (including phenoxy) is 2. The molecule has 26 heavy (non-hydrogen) atoms. The molecule has 0 saturated heterocycles. The van der Waals surface area contributed by atoms with E-state index in [9.17, 15) is 9.59 Å². The average molecular weight is 397 g/mol. The van der Waals surface area contributed by atoms with Gasteiger partial charge in [0.1, 0.15) is 5.75 Å². The van der Waals surface area contributed by atoms with E-state index >= 15 is 0 Å². The molecule has 0 aliphatic carbocycles. The molecule has 138 valence electrons. The lowest BCUT2D eigenvalue weighted by atomic mass is 10.1. The highest BCUT2D eigenvalue weighted by atomic mass is 35.5. The van der Waals surface area contributed by atoms with Gasteiger partial charge in [-0.3, -0.25) is 20.4 Å². The molecule has 0 spiro atoms. The molecule has 0 aromatic heterocycles. The minimum Gasteiger partial charge on any atom is -0.494 e. The molecule has 0 saturated carbocycles. The first-order valence-corrected chi connectivity index (χ1v) is 8.40. The zero-order chi connectivity index (χ0) is 19.3. The summed E-state index contributed by atoms with van der Waals surface area (Å²) in [6, 6.07) is 8.46. The van der Waals surface area contributed by atoms with E-state index in [4.69, 9.17) is 32.7 Å². The van der Waals surface area contributed by atoms with Gasteiger partial charge in [0.25, 0.3) is 11.8 Å². The number of rotatable bonds is 5. The van der Waals surface area contributed by atoms with Gasteiger partial charge in [-0.1, -0.05) is 41.4 Å². The predicted molar refractivity (Wildman–Crippen MR) is 100 cm³/mol. The number of hydrogen-bond acceptors (Lipinski definition) is 4. The summed E-state index contributed by atoms with van der Waals surface area (Å²) in [5.41, 5.74) is 6.58. The quantitative estimate of drug-likeness (QED) is 0.758. The highest BCUT2D eigenvalue weighted by Gasteiger charge is 2.14. The maximum Gasteiger partial charge on any atom is 0.276 e. The topological polar surface area (TPSA) is 76.7 Å². The Morgan fingerprint density at radius 1 is 1.00 bits per heavy atom. The molecular formula is C18H18Cl2N2O4. The van der Waals surface area contributed by atoms with Gasteiger partial charge >= 0.3 is 0 Å². The normalized spacial score (nSPS) is 10.2. The summed E-state index contributed by atoms with van der Waals surface area (Å²) in [5.74, 6) is -0.165. The van der Waals surface area contributed by atoms with Gasteiger partial charge in [0, 0.05) is 5.56 Å². The summed E-state index contributed by atoms with van der Waals surface area (Å²) >= 11 is 12.0. The van der Waals surface area contributed by atoms with Crippen LogP contribution in [-0.2, 0) is 4.79 Å². The Bertz CT molecular complexity index is 797. The number of benzene rings is 2. The van der Waals surface area contributed by atoms with Gasteiger partial charge in [0.15, 0.2) is 12.4 Å². The van der Waals surface area contributed by atoms with Gasteiger partial charge in [0.05, 0.1) is 17.2 Å². The Labute approximate surface area is 161 Å². The van der Waals surface area contributed by atoms with E-state index in [0.717, 1.165) is 11.1 Å². The van der Waals surface area contributed by atoms with Crippen LogP contribution < -0.4 is 20.3 Å². The van der Waals surface area contributed by atoms with E-state index in [0.29, 0.717) is 5.75 Å². The first kappa shape index (κ1) is 19.9. The van der Waals surface area contributed by atoms with Gasteiger partial charge in [0.2, 0.25) is 0 Å². The fourth-order valence-electron chi connectivity index (χ4n) is 2.29. The standard InChI is InChI=1S/C18H18Cl2N2O4/c1-10-5-4-6-11(2)16(10)26-9-15(23)21-22-18(24)12-7-13(19)17(25-3)14(20)8-12/h4-8H,9H2,1-3H3,(H,21,23)(H,22,24). The van der Waals surface area contributed by atoms with Gasteiger partial charge < -0.3 is 9.47 Å². The van der Waals surface area contributed by atoms with Crippen molar-refractivity contribution in [3.8, 4) is 11.5 Å². The number of hydrogen-bond donors (Lipinski definition) is 2. The van der Waals surface area contributed by atoms with Crippen molar-refractivity contribution in [3.63, 3.8) is 0 Å². The highest BCUT2D eigenvalue weighted by Crippen LogP contribution is 2.33. The lowest BCUT2D eigenvalue weighted by Crippen LogP contribution is -2.43. The molecule has 0 unspecified atom stereocenters. The summed E-state index contributed by atoms with van der Waals surface area (Å²) in [7, 11) is 1.42. The lowest BCUT2D eigenvalue weighted by Gasteiger charge is -2.13. The second-order valence-corrected chi connectivity index (χ2v) is 6.30. The van der Waals surface area contributed by atoms with Crippen LogP contribution in [0.25, 0.3) is 0 Å². The zero-order valence-corrected chi connectivity index (χ0v) is 16.0. The average Bonchev–Trinajstić information content (AvgIpc) is 2.59. The number of hydrazine groups is 1. The number of nitrogens with one attached hydrogen (secondary N) is 2. The minimum atomic E-state index is -0.572. The van der Waals surface area contributed by atoms with Crippen LogP contribution in [0.5, 0.6) is 11.5 Å². The van der Waals surface area contributed by atoms with Crippen LogP contribution in [0.1, 0.15) is 21.5 Å². The Balaban J connectivity index is 1.92. The molecule has 0 heterocycles. The second kappa shape index (κ2) is 8.78. The number of halogens is 2. The molecule has 0 atom stereocenters. The summed E-state index contributed by atoms with van der Waals surface area (Å²) in [6.07, 6.45) is 0. The molecule has 0 fully saturated rings. The van der Waals surface area contributed by atoms with E-state index in [1.54, 1.807) is 0 Å². The van der Waals surface area contributed by atoms with Crippen molar-refractivity contribution in [1.29, 1.82) is 0 Å². The maximum absolute atomic E-state index is 12.1. The van der Waals surface area contributed by atoms with Crippen molar-refractivity contribution in [2.75, 3.05) is 13.7 Å². The molecule has 0 radical (unpaired) electrons. The van der Waals surface area contributed by atoms with Crippen molar-refractivity contribution < 1.29 is 19.1 Å². The summed E-state index contributed by atoms with van der Waals surface area (Å²) in [5, 5.41) is 0.379. The largest absolute Gasteiger partial charge is 0.494 e. The molecule has 2 aromatic rings. The first-order chi connectivity index (χ1) is 12.3. The minimum absolute atomic E-state index is 0.178. The third kappa shape index (κ3) is 4.80. The van der Waals surface area contributed by atoms with E-state index in [1.165, 1.54) is 19.2 Å². The third-order valence-corrected chi connectivity index (χ3v) is 4.10. The number of amides is 2. The van der Waals surface area contributed by atoms with Crippen LogP contribution in [0.2, 0.25) is 10.0 Å². The Morgan fingerprint density at radius 2 is 1.58 bits per heavy atom. The molecule has 6 nitrogen and oxygen atoms in total. The molecule has 8 heteroatoms. The van der Waals surface area contributed by atoms with Crippen molar-refractivity contribution in [1.82, 2.24) is 10.9 Å². The maximum atomic E-state index is 12.1. The van der Waals surface area contributed by atoms with Crippen LogP contribution in [0.3, 0.4) is 0 Å². The van der Waals surface area contributed by atoms with Crippen LogP contribution >= 0.6 is 23.2 Å². The number of para-hydroxylation sites is 1. The summed E-state index contributed by atoms with van der Waals surface area (Å²) < 4.78 is 10.5. The first-order valence-electron chi connectivity index (χ1n) is 7.64. The number of carbonyl (C=O) groups is 2. The summed E-state index contributed by atoms with van der Waals surface area (Å²) in [6.45, 7) is 3.54. The molecule has 2 amide bonds. The highest BCUT2D eigenvalue weighted by molar-refractivity contribution is 6.37. The fraction of sp³-hybridized carbons (Fsp3) is 0.222. The van der Waals surface area contributed by atoms with Gasteiger partial charge in [-0.2, -0.15) is 0 Å². The van der Waals surface area contributed by atoms with Crippen LogP contribution in [0.15, 0.2) is 30.3 Å². The SMILES string of the molecule is COc1c(Cl)cc(C(=O)NNC(=O)COc2c(C)cccc2C)cc1Cl. The Kier molecular flexibility index (Phi) is 6.71. The molecule has 0 bridgehead atoms. The Hall–Kier alpha value is -2.44. The monoisotopic (exact) mass is 396 g/mol. The van der Waals surface area contributed by atoms with E-state index in [-0.39, 0.29) is 28.0 Å². The van der Waals surface area contributed by atoms with Crippen molar-refractivity contribution in [3.05, 3.63) is 57.1 Å². The van der Waals surface area contributed by atoms with E-state index in [1.807, 2.05) is 32.0 Å². The third-order valence-electron chi connectivity index (χ3n) is 3.54. The number of aryl methyl sites for hydroxylation is 2. The lowest BCUT2D eigenvalue weighted by molar-refractivity contribution is -0.123. The number of methoxy groups -OCH3 is 1. The van der Waals surface area contributed by atoms with Crippen LogP contribution in [0, 0.1) is 13.8 Å². The van der Waals surface area contributed by atoms with Crippen LogP contribution in [-0.4, -0.2) is 25.5 Å².